The molecule has 0 aliphatic carbocycles. The van der Waals surface area contributed by atoms with E-state index in [1.54, 1.807) is 19.0 Å². The summed E-state index contributed by atoms with van der Waals surface area (Å²) in [6, 6.07) is 32.8. The van der Waals surface area contributed by atoms with Gasteiger partial charge in [-0.2, -0.15) is 0 Å². The Kier molecular flexibility index (Phi) is 9.41. The number of hydrogen-bond donors (Lipinski definition) is 2. The predicted octanol–water partition coefficient (Wildman–Crippen LogP) is 1.93. The van der Waals surface area contributed by atoms with Gasteiger partial charge in [-0.1, -0.05) is 0 Å². The van der Waals surface area contributed by atoms with Crippen LogP contribution in [0, 0.1) is 5.41 Å². The summed E-state index contributed by atoms with van der Waals surface area (Å²) in [7, 11) is 3.32. The molecule has 186 valence electrons. The average molecular weight is 492 g/mol. The molecule has 0 bridgehead atoms. The van der Waals surface area contributed by atoms with E-state index in [4.69, 9.17) is 11.1 Å². The monoisotopic (exact) mass is 491 g/mol. The Bertz CT molecular complexity index is 982. The van der Waals surface area contributed by atoms with Gasteiger partial charge >= 0.3 is 210 Å². The minimum atomic E-state index is -2.27. The summed E-state index contributed by atoms with van der Waals surface area (Å²) >= 11 is 0. The fraction of sp³-hybridized carbons (Fsp3) is 0.286. The van der Waals surface area contributed by atoms with Crippen molar-refractivity contribution in [3.63, 3.8) is 0 Å². The summed E-state index contributed by atoms with van der Waals surface area (Å²) in [4.78, 5) is 17.9. The molecular weight excluding hydrogens is 453 g/mol. The Labute approximate surface area is 210 Å². The zero-order valence-corrected chi connectivity index (χ0v) is 22.0. The number of amides is 1. The van der Waals surface area contributed by atoms with Gasteiger partial charge < -0.3 is 0 Å². The van der Waals surface area contributed by atoms with Crippen LogP contribution in [-0.2, 0) is 4.79 Å². The van der Waals surface area contributed by atoms with E-state index in [-0.39, 0.29) is 18.4 Å². The van der Waals surface area contributed by atoms with Crippen LogP contribution < -0.4 is 21.6 Å². The third-order valence-corrected chi connectivity index (χ3v) is 11.6. The van der Waals surface area contributed by atoms with Gasteiger partial charge in [-0.15, -0.1) is 0 Å². The number of nitrogens with one attached hydrogen (secondary N) is 1. The standard InChI is InChI=1S/C28H38N5OP/c1-31(19-20-32(2)27(34)23-33(3)28(29)30)21-22-35(24-13-7-4-8-14-24,25-15-9-5-10-16-25)26-17-11-6-12-18-26/h4-18,35H,19-23H2,1-3H3,(H3,29,30). The number of nitrogens with zero attached hydrogens (tertiary/aromatic N) is 3. The number of rotatable bonds is 11. The van der Waals surface area contributed by atoms with Crippen molar-refractivity contribution in [2.24, 2.45) is 5.73 Å². The Morgan fingerprint density at radius 3 is 1.54 bits per heavy atom. The first-order valence-corrected chi connectivity index (χ1v) is 14.2. The number of carbonyl (C=O) groups excluding carboxylic acids is 1. The van der Waals surface area contributed by atoms with Gasteiger partial charge in [0, 0.05) is 0 Å². The van der Waals surface area contributed by atoms with Crippen molar-refractivity contribution in [3.05, 3.63) is 91.0 Å². The van der Waals surface area contributed by atoms with Gasteiger partial charge in [0.15, 0.2) is 0 Å². The van der Waals surface area contributed by atoms with Crippen LogP contribution in [0.3, 0.4) is 0 Å². The van der Waals surface area contributed by atoms with E-state index < -0.39 is 7.26 Å². The molecule has 0 heterocycles. The van der Waals surface area contributed by atoms with Gasteiger partial charge in [0.25, 0.3) is 0 Å². The van der Waals surface area contributed by atoms with E-state index in [1.807, 2.05) is 0 Å². The molecule has 0 aliphatic rings. The molecule has 3 aromatic rings. The van der Waals surface area contributed by atoms with Crippen LogP contribution in [0.2, 0.25) is 0 Å². The van der Waals surface area contributed by atoms with Crippen LogP contribution in [0.15, 0.2) is 91.0 Å². The molecule has 0 radical (unpaired) electrons. The molecular formula is C28H38N5OP. The minimum absolute atomic E-state index is 0.0438. The van der Waals surface area contributed by atoms with Gasteiger partial charge in [-0.25, -0.2) is 0 Å². The molecule has 0 saturated heterocycles. The van der Waals surface area contributed by atoms with Crippen LogP contribution >= 0.6 is 7.26 Å². The molecule has 0 fully saturated rings. The fourth-order valence-electron chi connectivity index (χ4n) is 4.43. The van der Waals surface area contributed by atoms with Crippen LogP contribution in [-0.4, -0.2) is 80.1 Å². The molecule has 0 saturated carbocycles. The number of guanidine groups is 1. The number of hydrogen-bond acceptors (Lipinski definition) is 3. The van der Waals surface area contributed by atoms with E-state index in [0.29, 0.717) is 6.54 Å². The molecule has 1 amide bonds. The molecule has 3 N–H and O–H groups in total. The molecule has 0 atom stereocenters. The van der Waals surface area contributed by atoms with Crippen LogP contribution in [0.1, 0.15) is 0 Å². The first kappa shape index (κ1) is 26.4. The zero-order chi connectivity index (χ0) is 25.3. The third kappa shape index (κ3) is 6.68. The Morgan fingerprint density at radius 1 is 0.714 bits per heavy atom. The number of carbonyl (C=O) groups is 1. The van der Waals surface area contributed by atoms with Crippen molar-refractivity contribution in [1.29, 1.82) is 5.41 Å². The molecule has 0 unspecified atom stereocenters. The second-order valence-electron chi connectivity index (χ2n) is 9.11. The SMILES string of the molecule is CN(CCN(C)C(=O)CN(C)C(=N)N)CC[PH](c1ccccc1)(c1ccccc1)c1ccccc1. The van der Waals surface area contributed by atoms with Crippen molar-refractivity contribution < 1.29 is 4.79 Å². The van der Waals surface area contributed by atoms with Crippen molar-refractivity contribution in [3.8, 4) is 0 Å². The number of benzene rings is 3. The second-order valence-corrected chi connectivity index (χ2v) is 13.2. The van der Waals surface area contributed by atoms with Crippen molar-refractivity contribution in [2.75, 3.05) is 53.5 Å². The number of likely N-dealkylation sites (N-methyl/N-ethyl adjacent to an activating group) is 3. The molecule has 0 spiro atoms. The molecule has 6 nitrogen and oxygen atoms in total. The quantitative estimate of drug-likeness (QED) is 0.244. The van der Waals surface area contributed by atoms with Crippen LogP contribution in [0.25, 0.3) is 0 Å². The summed E-state index contributed by atoms with van der Waals surface area (Å²) in [6.45, 7) is 2.42. The molecule has 35 heavy (non-hydrogen) atoms. The number of nitrogens with two attached hydrogens (primary N) is 1. The van der Waals surface area contributed by atoms with E-state index in [2.05, 4.69) is 103 Å². The summed E-state index contributed by atoms with van der Waals surface area (Å²) < 4.78 is 0. The van der Waals surface area contributed by atoms with Gasteiger partial charge in [0.05, 0.1) is 0 Å². The Balaban J connectivity index is 1.79. The van der Waals surface area contributed by atoms with E-state index in [9.17, 15) is 4.79 Å². The Morgan fingerprint density at radius 2 is 1.14 bits per heavy atom. The van der Waals surface area contributed by atoms with E-state index in [0.717, 1.165) is 19.3 Å². The summed E-state index contributed by atoms with van der Waals surface area (Å²) in [5, 5.41) is 11.7. The zero-order valence-electron chi connectivity index (χ0n) is 21.0. The third-order valence-electron chi connectivity index (χ3n) is 6.69. The van der Waals surface area contributed by atoms with Gasteiger partial charge in [-0.05, 0) is 0 Å². The first-order chi connectivity index (χ1) is 16.8. The van der Waals surface area contributed by atoms with Crippen LogP contribution in [0.4, 0.5) is 0 Å². The predicted molar refractivity (Wildman–Crippen MR) is 151 cm³/mol. The van der Waals surface area contributed by atoms with E-state index in [1.165, 1.54) is 20.8 Å². The van der Waals surface area contributed by atoms with E-state index >= 15 is 0 Å². The van der Waals surface area contributed by atoms with Gasteiger partial charge in [0.2, 0.25) is 0 Å². The molecule has 7 heteroatoms. The van der Waals surface area contributed by atoms with Crippen molar-refractivity contribution in [1.82, 2.24) is 14.7 Å². The maximum absolute atomic E-state index is 12.5. The molecule has 3 aromatic carbocycles. The van der Waals surface area contributed by atoms with Gasteiger partial charge in [0.1, 0.15) is 0 Å². The normalized spacial score (nSPS) is 11.8. The summed E-state index contributed by atoms with van der Waals surface area (Å²) in [6.07, 6.45) is 1.03. The van der Waals surface area contributed by atoms with Crippen molar-refractivity contribution in [2.45, 2.75) is 0 Å². The second kappa shape index (κ2) is 12.5. The van der Waals surface area contributed by atoms with Crippen molar-refractivity contribution >= 4 is 35.0 Å². The molecule has 3 rings (SSSR count). The topological polar surface area (TPSA) is 76.7 Å². The molecule has 0 aromatic heterocycles. The first-order valence-electron chi connectivity index (χ1n) is 12.0. The summed E-state index contributed by atoms with van der Waals surface area (Å²) in [5.41, 5.74) is 5.46. The van der Waals surface area contributed by atoms with Gasteiger partial charge in [-0.3, -0.25) is 0 Å². The fourth-order valence-corrected chi connectivity index (χ4v) is 9.29. The van der Waals surface area contributed by atoms with Crippen LogP contribution in [0.5, 0.6) is 0 Å². The average Bonchev–Trinajstić information content (AvgIpc) is 2.89. The maximum atomic E-state index is 12.5. The molecule has 0 aliphatic heterocycles. The summed E-state index contributed by atoms with van der Waals surface area (Å²) in [5.74, 6) is -0.148. The Hall–Kier alpha value is -3.21.